The average molecular weight is 191 g/mol. The van der Waals surface area contributed by atoms with Crippen molar-refractivity contribution in [1.29, 1.82) is 0 Å². The highest BCUT2D eigenvalue weighted by atomic mass is 35.5. The molecule has 0 N–H and O–H groups in total. The van der Waals surface area contributed by atoms with Gasteiger partial charge in [0.25, 0.3) is 0 Å². The van der Waals surface area contributed by atoms with Crippen LogP contribution < -0.4 is 5.11 Å². The number of carbonyl (C=O) groups excluding carboxylic acids is 1. The second-order valence-corrected chi connectivity index (χ2v) is 2.25. The zero-order chi connectivity index (χ0) is 9.14. The number of methoxy groups -OCH3 is 1. The van der Waals surface area contributed by atoms with Crippen LogP contribution in [0.2, 0.25) is 5.28 Å². The van der Waals surface area contributed by atoms with E-state index in [0.29, 0.717) is 0 Å². The Kier molecular flexibility index (Phi) is 2.61. The molecule has 0 saturated carbocycles. The molecule has 66 valence electrons. The molecule has 0 aliphatic rings. The van der Waals surface area contributed by atoms with E-state index in [1.54, 1.807) is 0 Å². The predicted molar refractivity (Wildman–Crippen MR) is 36.4 cm³/mol. The van der Waals surface area contributed by atoms with Gasteiger partial charge in [-0.2, -0.15) is 4.98 Å². The Bertz CT molecular complexity index is 298. The molecule has 1 aromatic rings. The molecule has 0 spiro atoms. The number of nitrogens with zero attached hydrogens (tertiary/aromatic N) is 3. The first-order valence-corrected chi connectivity index (χ1v) is 3.33. The van der Waals surface area contributed by atoms with Crippen LogP contribution in [0.4, 0.5) is 0 Å². The fraction of sp³-hybridized carbons (Fsp3) is 0.400. The van der Waals surface area contributed by atoms with Crippen LogP contribution >= 0.6 is 11.6 Å². The third-order valence-electron chi connectivity index (χ3n) is 1.08. The van der Waals surface area contributed by atoms with E-state index in [9.17, 15) is 9.90 Å². The highest BCUT2D eigenvalue weighted by molar-refractivity contribution is 6.28. The number of aromatic nitrogens is 3. The van der Waals surface area contributed by atoms with Gasteiger partial charge in [0.05, 0.1) is 0 Å². The number of aromatic carboxylic acids is 1. The lowest BCUT2D eigenvalue weighted by atomic mass is 10.6. The van der Waals surface area contributed by atoms with Crippen LogP contribution in [0.15, 0.2) is 0 Å². The molecular weight excluding hydrogens is 186 g/mol. The van der Waals surface area contributed by atoms with Gasteiger partial charge in [-0.15, -0.1) is 5.10 Å². The zero-order valence-corrected chi connectivity index (χ0v) is 6.91. The summed E-state index contributed by atoms with van der Waals surface area (Å²) in [7, 11) is 1.40. The first-order chi connectivity index (χ1) is 5.65. The molecule has 0 atom stereocenters. The van der Waals surface area contributed by atoms with E-state index in [4.69, 9.17) is 11.6 Å². The highest BCUT2D eigenvalue weighted by Crippen LogP contribution is 2.02. The van der Waals surface area contributed by atoms with Gasteiger partial charge in [0.2, 0.25) is 5.28 Å². The molecule has 0 aliphatic carbocycles. The van der Waals surface area contributed by atoms with Crippen LogP contribution in [0.5, 0.6) is 0 Å². The van der Waals surface area contributed by atoms with Crippen LogP contribution in [0, 0.1) is 0 Å². The second kappa shape index (κ2) is 3.51. The Labute approximate surface area is 72.7 Å². The highest BCUT2D eigenvalue weighted by Gasteiger charge is 2.07. The molecule has 1 aromatic heterocycles. The van der Waals surface area contributed by atoms with E-state index in [-0.39, 0.29) is 17.8 Å². The number of rotatable bonds is 3. The molecule has 7 heteroatoms. The summed E-state index contributed by atoms with van der Waals surface area (Å²) in [5, 5.41) is 13.8. The minimum atomic E-state index is -1.44. The van der Waals surface area contributed by atoms with Crippen LogP contribution in [0.3, 0.4) is 0 Å². The van der Waals surface area contributed by atoms with Gasteiger partial charge in [-0.05, 0) is 11.6 Å². The quantitative estimate of drug-likeness (QED) is 0.604. The SMILES string of the molecule is COCn1nc(Cl)nc1C(=O)[O-]. The van der Waals surface area contributed by atoms with Gasteiger partial charge in [0.1, 0.15) is 12.7 Å². The fourth-order valence-electron chi connectivity index (χ4n) is 0.678. The van der Waals surface area contributed by atoms with Crippen LogP contribution in [0.1, 0.15) is 10.6 Å². The number of carbonyl (C=O) groups is 1. The molecule has 0 saturated heterocycles. The van der Waals surface area contributed by atoms with Crippen molar-refractivity contribution in [1.82, 2.24) is 14.8 Å². The van der Waals surface area contributed by atoms with E-state index in [2.05, 4.69) is 14.8 Å². The zero-order valence-electron chi connectivity index (χ0n) is 6.15. The monoisotopic (exact) mass is 190 g/mol. The average Bonchev–Trinajstić information content (AvgIpc) is 2.32. The Hall–Kier alpha value is -1.14. The first-order valence-electron chi connectivity index (χ1n) is 2.95. The maximum absolute atomic E-state index is 10.4. The molecule has 1 heterocycles. The van der Waals surface area contributed by atoms with Crippen molar-refractivity contribution in [3.05, 3.63) is 11.1 Å². The molecule has 0 fully saturated rings. The lowest BCUT2D eigenvalue weighted by Gasteiger charge is -2.03. The van der Waals surface area contributed by atoms with Crippen molar-refractivity contribution < 1.29 is 14.6 Å². The molecule has 12 heavy (non-hydrogen) atoms. The summed E-state index contributed by atoms with van der Waals surface area (Å²) in [5.41, 5.74) is 0. The normalized spacial score (nSPS) is 10.2. The maximum Gasteiger partial charge on any atom is 0.243 e. The van der Waals surface area contributed by atoms with Crippen molar-refractivity contribution >= 4 is 17.6 Å². The summed E-state index contributed by atoms with van der Waals surface area (Å²) >= 11 is 5.36. The summed E-state index contributed by atoms with van der Waals surface area (Å²) in [6, 6.07) is 0. The van der Waals surface area contributed by atoms with Gasteiger partial charge >= 0.3 is 0 Å². The smallest absolute Gasteiger partial charge is 0.243 e. The number of hydrogen-bond acceptors (Lipinski definition) is 5. The maximum atomic E-state index is 10.4. The van der Waals surface area contributed by atoms with Crippen LogP contribution in [-0.4, -0.2) is 27.8 Å². The summed E-state index contributed by atoms with van der Waals surface area (Å²) in [6.07, 6.45) is 0. The Morgan fingerprint density at radius 2 is 2.50 bits per heavy atom. The molecule has 0 aromatic carbocycles. The molecule has 0 unspecified atom stereocenters. The summed E-state index contributed by atoms with van der Waals surface area (Å²) in [5.74, 6) is -1.78. The van der Waals surface area contributed by atoms with Gasteiger partial charge in [0.15, 0.2) is 5.82 Å². The third-order valence-corrected chi connectivity index (χ3v) is 1.24. The molecule has 0 amide bonds. The van der Waals surface area contributed by atoms with Crippen molar-refractivity contribution in [3.8, 4) is 0 Å². The fourth-order valence-corrected chi connectivity index (χ4v) is 0.849. The molecular formula is C5H5ClN3O3-. The van der Waals surface area contributed by atoms with E-state index in [1.807, 2.05) is 0 Å². The number of ether oxygens (including phenoxy) is 1. The minimum Gasteiger partial charge on any atom is -0.542 e. The molecule has 0 radical (unpaired) electrons. The Morgan fingerprint density at radius 3 is 3.00 bits per heavy atom. The van der Waals surface area contributed by atoms with E-state index < -0.39 is 5.97 Å². The summed E-state index contributed by atoms with van der Waals surface area (Å²) in [6.45, 7) is -0.0248. The Morgan fingerprint density at radius 1 is 1.83 bits per heavy atom. The first kappa shape index (κ1) is 8.95. The predicted octanol–water partition coefficient (Wildman–Crippen LogP) is -1.10. The molecule has 0 aliphatic heterocycles. The number of hydrogen-bond donors (Lipinski definition) is 0. The van der Waals surface area contributed by atoms with Gasteiger partial charge < -0.3 is 14.6 Å². The van der Waals surface area contributed by atoms with Crippen LogP contribution in [-0.2, 0) is 11.5 Å². The van der Waals surface area contributed by atoms with Crippen LogP contribution in [0.25, 0.3) is 0 Å². The molecule has 6 nitrogen and oxygen atoms in total. The topological polar surface area (TPSA) is 80.1 Å². The van der Waals surface area contributed by atoms with Gasteiger partial charge in [0, 0.05) is 7.11 Å². The molecule has 1 rings (SSSR count). The van der Waals surface area contributed by atoms with E-state index in [1.165, 1.54) is 7.11 Å². The lowest BCUT2D eigenvalue weighted by molar-refractivity contribution is -0.256. The van der Waals surface area contributed by atoms with Crippen molar-refractivity contribution in [2.45, 2.75) is 6.73 Å². The van der Waals surface area contributed by atoms with Crippen molar-refractivity contribution in [3.63, 3.8) is 0 Å². The standard InChI is InChI=1S/C5H6ClN3O3/c1-12-2-9-3(4(10)11)7-5(6)8-9/h2H2,1H3,(H,10,11)/p-1. The third kappa shape index (κ3) is 1.72. The van der Waals surface area contributed by atoms with Crippen molar-refractivity contribution in [2.75, 3.05) is 7.11 Å². The van der Waals surface area contributed by atoms with Gasteiger partial charge in [-0.3, -0.25) is 0 Å². The largest absolute Gasteiger partial charge is 0.542 e. The second-order valence-electron chi connectivity index (χ2n) is 1.91. The summed E-state index contributed by atoms with van der Waals surface area (Å²) < 4.78 is 5.64. The molecule has 0 bridgehead atoms. The lowest BCUT2D eigenvalue weighted by Crippen LogP contribution is -2.27. The van der Waals surface area contributed by atoms with Gasteiger partial charge in [-0.25, -0.2) is 4.68 Å². The van der Waals surface area contributed by atoms with Crippen molar-refractivity contribution in [2.24, 2.45) is 0 Å². The number of carboxylic acid groups (broad SMARTS) is 1. The number of halogens is 1. The van der Waals surface area contributed by atoms with E-state index in [0.717, 1.165) is 4.68 Å². The minimum absolute atomic E-state index is 0.0248. The summed E-state index contributed by atoms with van der Waals surface area (Å²) in [4.78, 5) is 13.8. The Balaban J connectivity index is 2.99. The van der Waals surface area contributed by atoms with Gasteiger partial charge in [-0.1, -0.05) is 0 Å². The number of carboxylic acids is 1. The van der Waals surface area contributed by atoms with E-state index >= 15 is 0 Å².